The molecule has 0 spiro atoms. The SMILES string of the molecule is CCOC(=O)C(C#N)=Cc1cccn1Cc1c([N+](=O)[O-])ccc2ccccc12. The van der Waals surface area contributed by atoms with E-state index in [1.807, 2.05) is 30.3 Å². The van der Waals surface area contributed by atoms with Crippen LogP contribution in [0.25, 0.3) is 16.8 Å². The summed E-state index contributed by atoms with van der Waals surface area (Å²) in [7, 11) is 0. The smallest absolute Gasteiger partial charge is 0.348 e. The highest BCUT2D eigenvalue weighted by molar-refractivity contribution is 5.97. The summed E-state index contributed by atoms with van der Waals surface area (Å²) in [6.45, 7) is 2.05. The van der Waals surface area contributed by atoms with Crippen molar-refractivity contribution in [1.29, 1.82) is 5.26 Å². The monoisotopic (exact) mass is 375 g/mol. The van der Waals surface area contributed by atoms with Gasteiger partial charge in [-0.25, -0.2) is 4.79 Å². The molecule has 0 saturated carbocycles. The van der Waals surface area contributed by atoms with Crippen LogP contribution in [0.3, 0.4) is 0 Å². The molecule has 0 bridgehead atoms. The van der Waals surface area contributed by atoms with Crippen LogP contribution in [0.5, 0.6) is 0 Å². The van der Waals surface area contributed by atoms with Crippen molar-refractivity contribution in [3.05, 3.63) is 81.7 Å². The number of carbonyl (C=O) groups is 1. The second-order valence-electron chi connectivity index (χ2n) is 5.99. The fraction of sp³-hybridized carbons (Fsp3) is 0.143. The number of benzene rings is 2. The third kappa shape index (κ3) is 3.76. The maximum Gasteiger partial charge on any atom is 0.348 e. The molecule has 1 aromatic heterocycles. The summed E-state index contributed by atoms with van der Waals surface area (Å²) in [6, 6.07) is 16.0. The van der Waals surface area contributed by atoms with Gasteiger partial charge in [0.05, 0.1) is 23.6 Å². The van der Waals surface area contributed by atoms with Crippen molar-refractivity contribution in [2.45, 2.75) is 13.5 Å². The van der Waals surface area contributed by atoms with Crippen molar-refractivity contribution in [2.24, 2.45) is 0 Å². The van der Waals surface area contributed by atoms with Crippen LogP contribution in [0.4, 0.5) is 5.69 Å². The van der Waals surface area contributed by atoms with E-state index in [-0.39, 0.29) is 24.4 Å². The number of rotatable bonds is 6. The number of nitro benzene ring substituents is 1. The predicted molar refractivity (Wildman–Crippen MR) is 104 cm³/mol. The molecule has 28 heavy (non-hydrogen) atoms. The number of nitriles is 1. The molecule has 0 fully saturated rings. The van der Waals surface area contributed by atoms with Gasteiger partial charge in [0.15, 0.2) is 0 Å². The van der Waals surface area contributed by atoms with E-state index in [0.717, 1.165) is 10.8 Å². The van der Waals surface area contributed by atoms with Crippen molar-refractivity contribution in [1.82, 2.24) is 4.57 Å². The van der Waals surface area contributed by atoms with Gasteiger partial charge in [0.2, 0.25) is 0 Å². The highest BCUT2D eigenvalue weighted by atomic mass is 16.6. The Morgan fingerprint density at radius 3 is 2.75 bits per heavy atom. The van der Waals surface area contributed by atoms with E-state index in [4.69, 9.17) is 4.74 Å². The highest BCUT2D eigenvalue weighted by Gasteiger charge is 2.18. The summed E-state index contributed by atoms with van der Waals surface area (Å²) in [5.74, 6) is -0.700. The molecule has 0 saturated heterocycles. The van der Waals surface area contributed by atoms with Crippen LogP contribution in [0, 0.1) is 21.4 Å². The van der Waals surface area contributed by atoms with Crippen molar-refractivity contribution in [3.63, 3.8) is 0 Å². The molecule has 3 rings (SSSR count). The van der Waals surface area contributed by atoms with Gasteiger partial charge in [-0.3, -0.25) is 10.1 Å². The van der Waals surface area contributed by atoms with Gasteiger partial charge in [-0.05, 0) is 42.0 Å². The zero-order valence-corrected chi connectivity index (χ0v) is 15.2. The first-order valence-corrected chi connectivity index (χ1v) is 8.64. The zero-order valence-electron chi connectivity index (χ0n) is 15.2. The largest absolute Gasteiger partial charge is 0.462 e. The summed E-state index contributed by atoms with van der Waals surface area (Å²) < 4.78 is 6.64. The quantitative estimate of drug-likeness (QED) is 0.213. The molecule has 0 unspecified atom stereocenters. The van der Waals surface area contributed by atoms with Crippen LogP contribution >= 0.6 is 0 Å². The minimum Gasteiger partial charge on any atom is -0.462 e. The van der Waals surface area contributed by atoms with Crippen LogP contribution in [0.2, 0.25) is 0 Å². The van der Waals surface area contributed by atoms with Gasteiger partial charge < -0.3 is 9.30 Å². The van der Waals surface area contributed by atoms with Crippen LogP contribution < -0.4 is 0 Å². The third-order valence-electron chi connectivity index (χ3n) is 4.31. The fourth-order valence-electron chi connectivity index (χ4n) is 3.03. The van der Waals surface area contributed by atoms with Gasteiger partial charge in [0, 0.05) is 18.0 Å². The standard InChI is InChI=1S/C21H17N3O4/c1-2-28-21(25)16(13-22)12-17-7-5-11-23(17)14-19-18-8-4-3-6-15(18)9-10-20(19)24(26)27/h3-12H,2,14H2,1H3. The number of fused-ring (bicyclic) bond motifs is 1. The molecule has 7 nitrogen and oxygen atoms in total. The third-order valence-corrected chi connectivity index (χ3v) is 4.31. The number of aromatic nitrogens is 1. The van der Waals surface area contributed by atoms with Crippen molar-refractivity contribution < 1.29 is 14.5 Å². The molecule has 0 aliphatic carbocycles. The van der Waals surface area contributed by atoms with Gasteiger partial charge in [0.25, 0.3) is 5.69 Å². The topological polar surface area (TPSA) is 98.2 Å². The van der Waals surface area contributed by atoms with Crippen molar-refractivity contribution in [2.75, 3.05) is 6.61 Å². The Morgan fingerprint density at radius 1 is 1.25 bits per heavy atom. The normalized spacial score (nSPS) is 11.2. The van der Waals surface area contributed by atoms with E-state index in [9.17, 15) is 20.2 Å². The molecule has 1 heterocycles. The summed E-state index contributed by atoms with van der Waals surface area (Å²) in [4.78, 5) is 23.0. The van der Waals surface area contributed by atoms with Gasteiger partial charge in [-0.2, -0.15) is 5.26 Å². The number of nitro groups is 1. The first-order chi connectivity index (χ1) is 13.5. The molecule has 0 atom stereocenters. The number of ether oxygens (including phenoxy) is 1. The van der Waals surface area contributed by atoms with Crippen LogP contribution in [-0.2, 0) is 16.1 Å². The highest BCUT2D eigenvalue weighted by Crippen LogP contribution is 2.29. The minimum absolute atomic E-state index is 0.0215. The second-order valence-corrected chi connectivity index (χ2v) is 5.99. The van der Waals surface area contributed by atoms with Crippen molar-refractivity contribution in [3.8, 4) is 6.07 Å². The molecular weight excluding hydrogens is 358 g/mol. The zero-order chi connectivity index (χ0) is 20.1. The molecule has 7 heteroatoms. The number of nitrogens with zero attached hydrogens (tertiary/aromatic N) is 3. The van der Waals surface area contributed by atoms with Gasteiger partial charge in [-0.15, -0.1) is 0 Å². The lowest BCUT2D eigenvalue weighted by molar-refractivity contribution is -0.385. The first kappa shape index (κ1) is 18.9. The molecule has 0 radical (unpaired) electrons. The van der Waals surface area contributed by atoms with E-state index in [0.29, 0.717) is 11.3 Å². The van der Waals surface area contributed by atoms with E-state index >= 15 is 0 Å². The molecule has 0 amide bonds. The predicted octanol–water partition coefficient (Wildman–Crippen LogP) is 4.07. The van der Waals surface area contributed by atoms with Crippen LogP contribution in [0.15, 0.2) is 60.3 Å². The number of hydrogen-bond donors (Lipinski definition) is 0. The van der Waals surface area contributed by atoms with Gasteiger partial charge in [0.1, 0.15) is 11.6 Å². The molecule has 0 aliphatic rings. The van der Waals surface area contributed by atoms with E-state index in [2.05, 4.69) is 0 Å². The van der Waals surface area contributed by atoms with Gasteiger partial charge >= 0.3 is 5.97 Å². The Kier molecular flexibility index (Phi) is 5.51. The molecule has 3 aromatic rings. The average Bonchev–Trinajstić information content (AvgIpc) is 3.13. The maximum atomic E-state index is 11.9. The summed E-state index contributed by atoms with van der Waals surface area (Å²) in [5.41, 5.74) is 1.03. The first-order valence-electron chi connectivity index (χ1n) is 8.64. The van der Waals surface area contributed by atoms with E-state index in [1.54, 1.807) is 35.9 Å². The Balaban J connectivity index is 2.07. The Bertz CT molecular complexity index is 1120. The molecule has 2 aromatic carbocycles. The summed E-state index contributed by atoms with van der Waals surface area (Å²) in [5, 5.41) is 22.5. The molecule has 140 valence electrons. The lowest BCUT2D eigenvalue weighted by Crippen LogP contribution is -2.08. The second kappa shape index (κ2) is 8.18. The number of hydrogen-bond acceptors (Lipinski definition) is 5. The summed E-state index contributed by atoms with van der Waals surface area (Å²) in [6.07, 6.45) is 3.17. The van der Waals surface area contributed by atoms with Crippen molar-refractivity contribution >= 4 is 28.5 Å². The molecule has 0 N–H and O–H groups in total. The van der Waals surface area contributed by atoms with E-state index in [1.165, 1.54) is 12.1 Å². The van der Waals surface area contributed by atoms with Crippen LogP contribution in [-0.4, -0.2) is 22.1 Å². The fourth-order valence-corrected chi connectivity index (χ4v) is 3.03. The van der Waals surface area contributed by atoms with Gasteiger partial charge in [-0.1, -0.05) is 24.3 Å². The van der Waals surface area contributed by atoms with E-state index < -0.39 is 10.9 Å². The Labute approximate surface area is 161 Å². The lowest BCUT2D eigenvalue weighted by Gasteiger charge is -2.11. The Morgan fingerprint density at radius 2 is 2.04 bits per heavy atom. The lowest BCUT2D eigenvalue weighted by atomic mass is 10.0. The average molecular weight is 375 g/mol. The number of carbonyl (C=O) groups excluding carboxylic acids is 1. The molecule has 0 aliphatic heterocycles. The minimum atomic E-state index is -0.700. The van der Waals surface area contributed by atoms with Crippen LogP contribution in [0.1, 0.15) is 18.2 Å². The Hall–Kier alpha value is -3.92. The maximum absolute atomic E-state index is 11.9. The summed E-state index contributed by atoms with van der Waals surface area (Å²) >= 11 is 0. The number of esters is 1. The molecular formula is C21H17N3O4.